The summed E-state index contributed by atoms with van der Waals surface area (Å²) in [6.45, 7) is 0.562. The molecular weight excluding hydrogens is 542 g/mol. The van der Waals surface area contributed by atoms with Gasteiger partial charge in [0, 0.05) is 12.8 Å². The van der Waals surface area contributed by atoms with Gasteiger partial charge in [-0.25, -0.2) is 17.9 Å². The SMILES string of the molecule is O=C(N[C@@H](Cc1ccccc1)C(=O)C(F)(F)C(Cc1ccccc1)NS(=O)(=O)c1ccccc1)O[C@H]1CCOC1. The Hall–Kier alpha value is -3.67. The third-order valence-corrected chi connectivity index (χ3v) is 7.94. The Morgan fingerprint density at radius 1 is 0.900 bits per heavy atom. The molecule has 1 unspecified atom stereocenters. The first kappa shape index (κ1) is 29.3. The summed E-state index contributed by atoms with van der Waals surface area (Å²) in [5, 5.41) is 2.29. The van der Waals surface area contributed by atoms with Crippen LogP contribution in [-0.4, -0.2) is 57.6 Å². The second-order valence-corrected chi connectivity index (χ2v) is 11.2. The summed E-state index contributed by atoms with van der Waals surface area (Å²) in [5.74, 6) is -5.87. The third-order valence-electron chi connectivity index (χ3n) is 6.45. The normalized spacial score (nSPS) is 17.1. The van der Waals surface area contributed by atoms with Crippen molar-refractivity contribution in [3.8, 4) is 0 Å². The van der Waals surface area contributed by atoms with Crippen LogP contribution in [0.4, 0.5) is 13.6 Å². The van der Waals surface area contributed by atoms with E-state index in [1.807, 2.05) is 0 Å². The van der Waals surface area contributed by atoms with Gasteiger partial charge in [0.1, 0.15) is 12.1 Å². The minimum absolute atomic E-state index is 0.168. The van der Waals surface area contributed by atoms with Gasteiger partial charge < -0.3 is 14.8 Å². The van der Waals surface area contributed by atoms with Crippen LogP contribution < -0.4 is 10.0 Å². The van der Waals surface area contributed by atoms with E-state index in [4.69, 9.17) is 9.47 Å². The molecule has 3 aromatic rings. The van der Waals surface area contributed by atoms with E-state index < -0.39 is 52.4 Å². The molecule has 1 aliphatic heterocycles. The second kappa shape index (κ2) is 13.1. The molecule has 1 saturated heterocycles. The van der Waals surface area contributed by atoms with Gasteiger partial charge in [-0.15, -0.1) is 0 Å². The zero-order valence-electron chi connectivity index (χ0n) is 21.5. The first-order chi connectivity index (χ1) is 19.1. The number of ether oxygens (including phenoxy) is 2. The number of alkyl halides is 2. The first-order valence-electron chi connectivity index (χ1n) is 12.8. The largest absolute Gasteiger partial charge is 0.444 e. The number of nitrogens with one attached hydrogen (secondary N) is 2. The summed E-state index contributed by atoms with van der Waals surface area (Å²) in [4.78, 5) is 25.9. The van der Waals surface area contributed by atoms with Crippen molar-refractivity contribution in [3.05, 3.63) is 102 Å². The van der Waals surface area contributed by atoms with Gasteiger partial charge in [0.05, 0.1) is 24.2 Å². The molecular formula is C29H30F2N2O6S. The Labute approximate surface area is 231 Å². The minimum atomic E-state index is -4.43. The van der Waals surface area contributed by atoms with Crippen LogP contribution in [0.1, 0.15) is 17.5 Å². The average Bonchev–Trinajstić information content (AvgIpc) is 3.46. The topological polar surface area (TPSA) is 111 Å². The van der Waals surface area contributed by atoms with Gasteiger partial charge in [-0.2, -0.15) is 8.78 Å². The third kappa shape index (κ3) is 7.71. The van der Waals surface area contributed by atoms with E-state index in [1.54, 1.807) is 66.7 Å². The molecule has 4 rings (SSSR count). The molecule has 8 nitrogen and oxygen atoms in total. The van der Waals surface area contributed by atoms with Crippen LogP contribution in [0, 0.1) is 0 Å². The molecule has 1 fully saturated rings. The molecule has 0 radical (unpaired) electrons. The van der Waals surface area contributed by atoms with Gasteiger partial charge in [0.15, 0.2) is 0 Å². The number of halogens is 2. The molecule has 0 saturated carbocycles. The number of rotatable bonds is 12. The Bertz CT molecular complexity index is 1370. The molecule has 40 heavy (non-hydrogen) atoms. The summed E-state index contributed by atoms with van der Waals surface area (Å²) in [5.41, 5.74) is 0.912. The Balaban J connectivity index is 1.63. The molecule has 0 bridgehead atoms. The van der Waals surface area contributed by atoms with E-state index >= 15 is 8.78 Å². The maximum Gasteiger partial charge on any atom is 0.408 e. The fraction of sp³-hybridized carbons (Fsp3) is 0.310. The number of hydrogen-bond acceptors (Lipinski definition) is 6. The van der Waals surface area contributed by atoms with Crippen molar-refractivity contribution in [1.82, 2.24) is 10.0 Å². The molecule has 0 aromatic heterocycles. The number of amides is 1. The molecule has 212 valence electrons. The molecule has 1 aliphatic rings. The Morgan fingerprint density at radius 3 is 2.00 bits per heavy atom. The lowest BCUT2D eigenvalue weighted by Crippen LogP contribution is -2.59. The summed E-state index contributed by atoms with van der Waals surface area (Å²) >= 11 is 0. The predicted octanol–water partition coefficient (Wildman–Crippen LogP) is 3.91. The van der Waals surface area contributed by atoms with Gasteiger partial charge in [0.2, 0.25) is 15.8 Å². The maximum atomic E-state index is 16.1. The Kier molecular flexibility index (Phi) is 9.62. The van der Waals surface area contributed by atoms with Gasteiger partial charge in [-0.05, 0) is 29.7 Å². The lowest BCUT2D eigenvalue weighted by Gasteiger charge is -2.30. The number of carbonyl (C=O) groups is 2. The van der Waals surface area contributed by atoms with Crippen LogP contribution in [-0.2, 0) is 37.1 Å². The molecule has 0 spiro atoms. The van der Waals surface area contributed by atoms with Crippen LogP contribution in [0.3, 0.4) is 0 Å². The number of Topliss-reactive ketones (excluding diaryl/α,β-unsaturated/α-hetero) is 1. The van der Waals surface area contributed by atoms with Crippen LogP contribution in [0.5, 0.6) is 0 Å². The number of sulfonamides is 1. The highest BCUT2D eigenvalue weighted by Gasteiger charge is 2.51. The summed E-state index contributed by atoms with van der Waals surface area (Å²) in [6.07, 6.45) is -1.88. The van der Waals surface area contributed by atoms with E-state index in [-0.39, 0.29) is 17.9 Å². The molecule has 3 atom stereocenters. The van der Waals surface area contributed by atoms with Gasteiger partial charge in [0.25, 0.3) is 0 Å². The molecule has 2 N–H and O–H groups in total. The van der Waals surface area contributed by atoms with Crippen molar-refractivity contribution >= 4 is 21.9 Å². The second-order valence-electron chi connectivity index (χ2n) is 9.44. The van der Waals surface area contributed by atoms with E-state index in [1.165, 1.54) is 24.3 Å². The van der Waals surface area contributed by atoms with E-state index in [9.17, 15) is 18.0 Å². The zero-order valence-corrected chi connectivity index (χ0v) is 22.4. The van der Waals surface area contributed by atoms with Crippen LogP contribution >= 0.6 is 0 Å². The number of ketones is 1. The molecule has 11 heteroatoms. The zero-order chi connectivity index (χ0) is 28.6. The predicted molar refractivity (Wildman–Crippen MR) is 143 cm³/mol. The highest BCUT2D eigenvalue weighted by Crippen LogP contribution is 2.28. The smallest absolute Gasteiger partial charge is 0.408 e. The lowest BCUT2D eigenvalue weighted by atomic mass is 9.92. The van der Waals surface area contributed by atoms with Crippen molar-refractivity contribution in [2.45, 2.75) is 48.3 Å². The fourth-order valence-electron chi connectivity index (χ4n) is 4.35. The quantitative estimate of drug-likeness (QED) is 0.341. The van der Waals surface area contributed by atoms with E-state index in [0.717, 1.165) is 0 Å². The molecule has 0 aliphatic carbocycles. The summed E-state index contributed by atoms with van der Waals surface area (Å²) < 4.78 is 70.9. The van der Waals surface area contributed by atoms with Crippen molar-refractivity contribution < 1.29 is 36.3 Å². The van der Waals surface area contributed by atoms with Crippen molar-refractivity contribution in [3.63, 3.8) is 0 Å². The standard InChI is InChI=1S/C29H30F2N2O6S/c30-29(31,26(19-22-12-6-2-7-13-22)33-40(36,37)24-14-8-3-9-15-24)27(34)25(18-21-10-4-1-5-11-21)32-28(35)39-23-16-17-38-20-23/h1-15,23,25-26,33H,16-20H2,(H,32,35)/t23-,25-,26?/m0/s1. The minimum Gasteiger partial charge on any atom is -0.444 e. The van der Waals surface area contributed by atoms with Crippen molar-refractivity contribution in [1.29, 1.82) is 0 Å². The summed E-state index contributed by atoms with van der Waals surface area (Å²) in [6, 6.07) is 19.6. The number of hydrogen-bond donors (Lipinski definition) is 2. The number of alkyl carbamates (subject to hydrolysis) is 1. The number of benzene rings is 3. The average molecular weight is 573 g/mol. The highest BCUT2D eigenvalue weighted by atomic mass is 32.2. The molecule has 1 amide bonds. The van der Waals surface area contributed by atoms with Crippen LogP contribution in [0.25, 0.3) is 0 Å². The van der Waals surface area contributed by atoms with Crippen LogP contribution in [0.15, 0.2) is 95.9 Å². The van der Waals surface area contributed by atoms with E-state index in [0.29, 0.717) is 24.2 Å². The number of carbonyl (C=O) groups excluding carboxylic acids is 2. The monoisotopic (exact) mass is 572 g/mol. The maximum absolute atomic E-state index is 16.1. The van der Waals surface area contributed by atoms with Crippen LogP contribution in [0.2, 0.25) is 0 Å². The lowest BCUT2D eigenvalue weighted by molar-refractivity contribution is -0.148. The molecule has 1 heterocycles. The fourth-order valence-corrected chi connectivity index (χ4v) is 5.60. The van der Waals surface area contributed by atoms with Gasteiger partial charge in [-0.3, -0.25) is 4.79 Å². The van der Waals surface area contributed by atoms with E-state index in [2.05, 4.69) is 10.0 Å². The van der Waals surface area contributed by atoms with Crippen molar-refractivity contribution in [2.24, 2.45) is 0 Å². The van der Waals surface area contributed by atoms with Gasteiger partial charge in [-0.1, -0.05) is 78.9 Å². The Morgan fingerprint density at radius 2 is 1.45 bits per heavy atom. The molecule has 3 aromatic carbocycles. The van der Waals surface area contributed by atoms with Crippen molar-refractivity contribution in [2.75, 3.05) is 13.2 Å². The highest BCUT2D eigenvalue weighted by molar-refractivity contribution is 7.89. The summed E-state index contributed by atoms with van der Waals surface area (Å²) in [7, 11) is -4.43. The van der Waals surface area contributed by atoms with Gasteiger partial charge >= 0.3 is 12.0 Å². The first-order valence-corrected chi connectivity index (χ1v) is 14.3.